The summed E-state index contributed by atoms with van der Waals surface area (Å²) in [5.41, 5.74) is 1.42. The number of carbonyl (C=O) groups is 2. The predicted octanol–water partition coefficient (Wildman–Crippen LogP) is 2.06. The number of nitrogens with zero attached hydrogens (tertiary/aromatic N) is 3. The van der Waals surface area contributed by atoms with Gasteiger partial charge in [0.05, 0.1) is 12.7 Å². The Kier molecular flexibility index (Phi) is 4.17. The van der Waals surface area contributed by atoms with E-state index in [1.807, 2.05) is 18.7 Å². The Morgan fingerprint density at radius 3 is 2.50 bits per heavy atom. The molecule has 0 aliphatic carbocycles. The van der Waals surface area contributed by atoms with Gasteiger partial charge in [-0.25, -0.2) is 4.79 Å². The summed E-state index contributed by atoms with van der Waals surface area (Å²) in [6, 6.07) is 5.77. The lowest BCUT2D eigenvalue weighted by molar-refractivity contribution is -0.130. The Bertz CT molecular complexity index is 773. The maximum Gasteiger partial charge on any atom is 0.340 e. The van der Waals surface area contributed by atoms with Crippen LogP contribution in [0.4, 0.5) is 6.01 Å². The van der Waals surface area contributed by atoms with Crippen LogP contribution in [0.5, 0.6) is 0 Å². The van der Waals surface area contributed by atoms with Gasteiger partial charge in [-0.15, -0.1) is 0 Å². The second-order valence-corrected chi connectivity index (χ2v) is 6.17. The van der Waals surface area contributed by atoms with Gasteiger partial charge in [-0.2, -0.15) is 4.98 Å². The van der Waals surface area contributed by atoms with Crippen molar-refractivity contribution in [1.82, 2.24) is 9.88 Å². The quantitative estimate of drug-likeness (QED) is 0.784. The minimum absolute atomic E-state index is 0.0623. The lowest BCUT2D eigenvalue weighted by atomic mass is 10.1. The Balaban J connectivity index is 1.98. The third-order valence-corrected chi connectivity index (χ3v) is 4.40. The number of anilines is 1. The molecule has 0 saturated carbocycles. The normalized spacial score (nSPS) is 21.2. The molecule has 1 fully saturated rings. The summed E-state index contributed by atoms with van der Waals surface area (Å²) in [5, 5.41) is 0. The summed E-state index contributed by atoms with van der Waals surface area (Å²) < 4.78 is 10.7. The van der Waals surface area contributed by atoms with Crippen molar-refractivity contribution in [2.75, 3.05) is 25.1 Å². The number of rotatable bonds is 2. The fraction of sp³-hybridized carbons (Fsp3) is 0.471. The maximum absolute atomic E-state index is 11.9. The number of hydrogen-bond acceptors (Lipinski definition) is 6. The van der Waals surface area contributed by atoms with Crippen LogP contribution in [0.25, 0.3) is 11.1 Å². The molecule has 7 heteroatoms. The zero-order valence-corrected chi connectivity index (χ0v) is 14.3. The van der Waals surface area contributed by atoms with Gasteiger partial charge in [-0.3, -0.25) is 4.79 Å². The molecule has 2 heterocycles. The van der Waals surface area contributed by atoms with E-state index in [-0.39, 0.29) is 18.0 Å². The van der Waals surface area contributed by atoms with Crippen LogP contribution in [0.1, 0.15) is 31.1 Å². The average Bonchev–Trinajstić information content (AvgIpc) is 2.96. The third kappa shape index (κ3) is 2.70. The largest absolute Gasteiger partial charge is 0.465 e. The lowest BCUT2D eigenvalue weighted by Crippen LogP contribution is -2.58. The van der Waals surface area contributed by atoms with Gasteiger partial charge in [0.25, 0.3) is 6.01 Å². The molecule has 0 unspecified atom stereocenters. The van der Waals surface area contributed by atoms with Gasteiger partial charge in [0.2, 0.25) is 5.91 Å². The molecule has 1 aliphatic heterocycles. The Morgan fingerprint density at radius 1 is 1.25 bits per heavy atom. The molecule has 1 aromatic heterocycles. The lowest BCUT2D eigenvalue weighted by Gasteiger charge is -2.43. The molecule has 2 atom stereocenters. The van der Waals surface area contributed by atoms with Crippen LogP contribution in [-0.4, -0.2) is 54.0 Å². The van der Waals surface area contributed by atoms with Gasteiger partial charge in [0.15, 0.2) is 5.58 Å². The third-order valence-electron chi connectivity index (χ3n) is 4.40. The monoisotopic (exact) mass is 331 g/mol. The zero-order valence-electron chi connectivity index (χ0n) is 14.3. The molecule has 24 heavy (non-hydrogen) atoms. The summed E-state index contributed by atoms with van der Waals surface area (Å²) >= 11 is 0. The molecule has 0 radical (unpaired) electrons. The minimum Gasteiger partial charge on any atom is -0.465 e. The van der Waals surface area contributed by atoms with E-state index in [4.69, 9.17) is 9.15 Å². The second kappa shape index (κ2) is 6.14. The summed E-state index contributed by atoms with van der Waals surface area (Å²) in [5.74, 6) is -0.373. The summed E-state index contributed by atoms with van der Waals surface area (Å²) in [6.07, 6.45) is 0. The number of methoxy groups -OCH3 is 1. The van der Waals surface area contributed by atoms with Crippen LogP contribution >= 0.6 is 0 Å². The van der Waals surface area contributed by atoms with Crippen molar-refractivity contribution in [3.63, 3.8) is 0 Å². The number of esters is 1. The molecule has 1 aromatic carbocycles. The molecular formula is C17H21N3O4. The van der Waals surface area contributed by atoms with Crippen molar-refractivity contribution in [2.24, 2.45) is 0 Å². The molecule has 0 bridgehead atoms. The average molecular weight is 331 g/mol. The number of benzene rings is 1. The number of amides is 1. The van der Waals surface area contributed by atoms with Crippen LogP contribution in [0.2, 0.25) is 0 Å². The van der Waals surface area contributed by atoms with E-state index in [1.165, 1.54) is 7.11 Å². The maximum atomic E-state index is 11.9. The fourth-order valence-electron chi connectivity index (χ4n) is 3.28. The van der Waals surface area contributed by atoms with Crippen LogP contribution in [0.15, 0.2) is 22.6 Å². The molecule has 1 aliphatic rings. The highest BCUT2D eigenvalue weighted by molar-refractivity contribution is 6.01. The molecular weight excluding hydrogens is 310 g/mol. The van der Waals surface area contributed by atoms with E-state index in [1.54, 1.807) is 25.1 Å². The second-order valence-electron chi connectivity index (χ2n) is 6.17. The van der Waals surface area contributed by atoms with E-state index in [9.17, 15) is 9.59 Å². The number of piperazine rings is 1. The standard InChI is InChI=1S/C17H21N3O4/c1-10-8-19(12(3)21)9-11(2)20(10)17-18-15-13(16(22)23-4)6-5-7-14(15)24-17/h5-7,10-11H,8-9H2,1-4H3/t10-,11-/m0/s1. The molecule has 1 amide bonds. The molecule has 128 valence electrons. The smallest absolute Gasteiger partial charge is 0.340 e. The van der Waals surface area contributed by atoms with Gasteiger partial charge in [0, 0.05) is 32.1 Å². The minimum atomic E-state index is -0.442. The SMILES string of the molecule is COC(=O)c1cccc2oc(N3[C@@H](C)CN(C(C)=O)C[C@@H]3C)nc12. The van der Waals surface area contributed by atoms with Crippen molar-refractivity contribution in [2.45, 2.75) is 32.9 Å². The molecule has 2 aromatic rings. The first-order chi connectivity index (χ1) is 11.4. The highest BCUT2D eigenvalue weighted by Crippen LogP contribution is 2.29. The van der Waals surface area contributed by atoms with Crippen LogP contribution < -0.4 is 4.90 Å². The van der Waals surface area contributed by atoms with Crippen molar-refractivity contribution in [3.05, 3.63) is 23.8 Å². The van der Waals surface area contributed by atoms with Crippen molar-refractivity contribution in [3.8, 4) is 0 Å². The number of carbonyl (C=O) groups excluding carboxylic acids is 2. The molecule has 7 nitrogen and oxygen atoms in total. The number of para-hydroxylation sites is 1. The van der Waals surface area contributed by atoms with Crippen LogP contribution in [0, 0.1) is 0 Å². The summed E-state index contributed by atoms with van der Waals surface area (Å²) in [6.45, 7) is 6.87. The van der Waals surface area contributed by atoms with E-state index in [0.29, 0.717) is 35.8 Å². The molecule has 0 spiro atoms. The predicted molar refractivity (Wildman–Crippen MR) is 89.0 cm³/mol. The van der Waals surface area contributed by atoms with Crippen molar-refractivity contribution < 1.29 is 18.7 Å². The number of oxazole rings is 1. The first-order valence-electron chi connectivity index (χ1n) is 7.94. The number of hydrogen-bond donors (Lipinski definition) is 0. The first kappa shape index (κ1) is 16.3. The molecule has 1 saturated heterocycles. The summed E-state index contributed by atoms with van der Waals surface area (Å²) in [4.78, 5) is 32.0. The van der Waals surface area contributed by atoms with E-state index >= 15 is 0 Å². The molecule has 0 N–H and O–H groups in total. The Morgan fingerprint density at radius 2 is 1.92 bits per heavy atom. The van der Waals surface area contributed by atoms with Crippen molar-refractivity contribution in [1.29, 1.82) is 0 Å². The van der Waals surface area contributed by atoms with Gasteiger partial charge in [0.1, 0.15) is 5.52 Å². The number of aromatic nitrogens is 1. The fourth-order valence-corrected chi connectivity index (χ4v) is 3.28. The number of fused-ring (bicyclic) bond motifs is 1. The van der Waals surface area contributed by atoms with Crippen LogP contribution in [-0.2, 0) is 9.53 Å². The van der Waals surface area contributed by atoms with Crippen molar-refractivity contribution >= 4 is 29.0 Å². The summed E-state index contributed by atoms with van der Waals surface area (Å²) in [7, 11) is 1.34. The highest BCUT2D eigenvalue weighted by atomic mass is 16.5. The molecule has 3 rings (SSSR count). The topological polar surface area (TPSA) is 75.9 Å². The van der Waals surface area contributed by atoms with E-state index < -0.39 is 5.97 Å². The first-order valence-corrected chi connectivity index (χ1v) is 7.94. The van der Waals surface area contributed by atoms with Gasteiger partial charge in [-0.1, -0.05) is 6.07 Å². The van der Waals surface area contributed by atoms with E-state index in [2.05, 4.69) is 9.88 Å². The number of ether oxygens (including phenoxy) is 1. The zero-order chi connectivity index (χ0) is 17.4. The Hall–Kier alpha value is -2.57. The van der Waals surface area contributed by atoms with Gasteiger partial charge in [-0.05, 0) is 26.0 Å². The van der Waals surface area contributed by atoms with Crippen LogP contribution in [0.3, 0.4) is 0 Å². The van der Waals surface area contributed by atoms with E-state index in [0.717, 1.165) is 0 Å². The highest BCUT2D eigenvalue weighted by Gasteiger charge is 2.33. The van der Waals surface area contributed by atoms with Gasteiger partial charge < -0.3 is 19.0 Å². The Labute approximate surface area is 140 Å². The van der Waals surface area contributed by atoms with Gasteiger partial charge >= 0.3 is 5.97 Å².